The molecule has 172 valence electrons. The highest BCUT2D eigenvalue weighted by Crippen LogP contribution is 2.37. The summed E-state index contributed by atoms with van der Waals surface area (Å²) in [6.07, 6.45) is 0. The molecule has 1 amide bonds. The second kappa shape index (κ2) is 9.61. The number of ether oxygens (including phenoxy) is 1. The van der Waals surface area contributed by atoms with Gasteiger partial charge in [0.2, 0.25) is 11.1 Å². The van der Waals surface area contributed by atoms with Gasteiger partial charge in [0.25, 0.3) is 0 Å². The lowest BCUT2D eigenvalue weighted by Gasteiger charge is -2.33. The number of amides is 1. The molecule has 1 aromatic heterocycles. The molecule has 4 aromatic rings. The number of para-hydroxylation sites is 1. The number of thioether (sulfide) groups is 1. The molecule has 1 aliphatic heterocycles. The van der Waals surface area contributed by atoms with Crippen molar-refractivity contribution in [2.75, 3.05) is 10.7 Å². The highest BCUT2D eigenvalue weighted by atomic mass is 32.2. The Labute approximate surface area is 202 Å². The van der Waals surface area contributed by atoms with Gasteiger partial charge in [-0.15, -0.1) is 10.2 Å². The Hall–Kier alpha value is -3.78. The van der Waals surface area contributed by atoms with Crippen LogP contribution in [0.5, 0.6) is 5.75 Å². The summed E-state index contributed by atoms with van der Waals surface area (Å²) >= 11 is 1.40. The number of carbonyl (C=O) groups excluding carboxylic acids is 1. The van der Waals surface area contributed by atoms with Gasteiger partial charge in [0, 0.05) is 5.69 Å². The van der Waals surface area contributed by atoms with E-state index in [9.17, 15) is 4.79 Å². The van der Waals surface area contributed by atoms with E-state index in [4.69, 9.17) is 4.74 Å². The van der Waals surface area contributed by atoms with Crippen LogP contribution < -0.4 is 15.5 Å². The van der Waals surface area contributed by atoms with Crippen LogP contribution in [0.2, 0.25) is 0 Å². The monoisotopic (exact) mass is 471 g/mol. The first-order valence-corrected chi connectivity index (χ1v) is 11.9. The van der Waals surface area contributed by atoms with E-state index in [1.54, 1.807) is 0 Å². The van der Waals surface area contributed by atoms with Crippen LogP contribution in [0.15, 0.2) is 84.0 Å². The zero-order chi connectivity index (χ0) is 23.5. The number of anilines is 1. The molecule has 8 heteroatoms. The molecule has 2 atom stereocenters. The molecule has 5 rings (SSSR count). The third-order valence-corrected chi connectivity index (χ3v) is 6.74. The molecule has 2 heterocycles. The molecular formula is C26H25N5O2S. The number of aromatic nitrogens is 3. The van der Waals surface area contributed by atoms with Gasteiger partial charge in [0.15, 0.2) is 5.82 Å². The molecule has 0 fully saturated rings. The Morgan fingerprint density at radius 2 is 1.68 bits per heavy atom. The number of benzene rings is 3. The topological polar surface area (TPSA) is 81.1 Å². The number of fused-ring (bicyclic) bond motifs is 1. The molecule has 3 aromatic carbocycles. The average Bonchev–Trinajstić information content (AvgIpc) is 3.24. The number of carbonyl (C=O) groups is 1. The summed E-state index contributed by atoms with van der Waals surface area (Å²) in [4.78, 5) is 13.4. The number of hydrogen-bond donors (Lipinski definition) is 2. The maximum Gasteiger partial charge on any atom is 0.240 e. The van der Waals surface area contributed by atoms with Crippen molar-refractivity contribution in [1.29, 1.82) is 0 Å². The molecule has 0 bridgehead atoms. The predicted molar refractivity (Wildman–Crippen MR) is 134 cm³/mol. The van der Waals surface area contributed by atoms with Gasteiger partial charge in [-0.05, 0) is 54.8 Å². The summed E-state index contributed by atoms with van der Waals surface area (Å²) in [5.41, 5.74) is 7.47. The number of nitrogens with zero attached hydrogens (tertiary/aromatic N) is 3. The van der Waals surface area contributed by atoms with Crippen molar-refractivity contribution < 1.29 is 9.53 Å². The van der Waals surface area contributed by atoms with Crippen LogP contribution in [0.1, 0.15) is 28.6 Å². The van der Waals surface area contributed by atoms with Crippen LogP contribution in [-0.2, 0) is 11.4 Å². The first kappa shape index (κ1) is 22.0. The zero-order valence-electron chi connectivity index (χ0n) is 18.9. The Balaban J connectivity index is 1.41. The maximum absolute atomic E-state index is 13.4. The number of aryl methyl sites for hydroxylation is 2. The van der Waals surface area contributed by atoms with Gasteiger partial charge in [-0.25, -0.2) is 4.68 Å². The van der Waals surface area contributed by atoms with Crippen molar-refractivity contribution in [2.45, 2.75) is 36.9 Å². The van der Waals surface area contributed by atoms with E-state index in [1.165, 1.54) is 11.8 Å². The summed E-state index contributed by atoms with van der Waals surface area (Å²) in [5.74, 6) is 1.31. The van der Waals surface area contributed by atoms with E-state index in [0.717, 1.165) is 28.1 Å². The Morgan fingerprint density at radius 3 is 2.38 bits per heavy atom. The molecule has 34 heavy (non-hydrogen) atoms. The van der Waals surface area contributed by atoms with E-state index in [1.807, 2.05) is 91.3 Å². The molecule has 7 nitrogen and oxygen atoms in total. The van der Waals surface area contributed by atoms with Crippen LogP contribution in [0.3, 0.4) is 0 Å². The normalized spacial score (nSPS) is 16.9. The summed E-state index contributed by atoms with van der Waals surface area (Å²) in [7, 11) is 0. The maximum atomic E-state index is 13.4. The summed E-state index contributed by atoms with van der Waals surface area (Å²) in [6, 6.07) is 25.3. The molecule has 0 saturated heterocycles. The van der Waals surface area contributed by atoms with Crippen LogP contribution in [-0.4, -0.2) is 26.0 Å². The van der Waals surface area contributed by atoms with Gasteiger partial charge in [-0.3, -0.25) is 4.79 Å². The predicted octanol–water partition coefficient (Wildman–Crippen LogP) is 4.87. The molecule has 0 saturated carbocycles. The molecule has 2 N–H and O–H groups in total. The zero-order valence-corrected chi connectivity index (χ0v) is 19.8. The average molecular weight is 472 g/mol. The molecule has 0 radical (unpaired) electrons. The van der Waals surface area contributed by atoms with Crippen molar-refractivity contribution >= 4 is 23.4 Å². The van der Waals surface area contributed by atoms with E-state index in [0.29, 0.717) is 11.0 Å². The smallest absolute Gasteiger partial charge is 0.240 e. The second-order valence-electron chi connectivity index (χ2n) is 8.26. The number of hydrogen-bond acceptors (Lipinski definition) is 6. The molecule has 0 spiro atoms. The van der Waals surface area contributed by atoms with Crippen LogP contribution >= 0.6 is 11.8 Å². The van der Waals surface area contributed by atoms with Gasteiger partial charge >= 0.3 is 0 Å². The van der Waals surface area contributed by atoms with Crippen molar-refractivity contribution in [2.24, 2.45) is 0 Å². The minimum atomic E-state index is -0.442. The van der Waals surface area contributed by atoms with Gasteiger partial charge in [-0.1, -0.05) is 66.4 Å². The van der Waals surface area contributed by atoms with Crippen LogP contribution in [0.25, 0.3) is 0 Å². The number of nitrogens with one attached hydrogen (secondary N) is 2. The third kappa shape index (κ3) is 4.77. The van der Waals surface area contributed by atoms with Gasteiger partial charge in [0.05, 0.1) is 6.04 Å². The minimum absolute atomic E-state index is 0.0901. The van der Waals surface area contributed by atoms with Crippen molar-refractivity contribution in [3.8, 4) is 5.75 Å². The summed E-state index contributed by atoms with van der Waals surface area (Å²) in [5, 5.41) is 11.9. The highest BCUT2D eigenvalue weighted by molar-refractivity contribution is 8.00. The Kier molecular flexibility index (Phi) is 6.22. The van der Waals surface area contributed by atoms with Gasteiger partial charge < -0.3 is 15.5 Å². The SMILES string of the molecule is Cc1cc(C)cc(NC(=O)[C@H]2Sc3nnc(COc4ccccc4)n3N[C@H]2c2ccccc2)c1. The fraction of sp³-hybridized carbons (Fsp3) is 0.192. The van der Waals surface area contributed by atoms with Crippen molar-refractivity contribution in [3.05, 3.63) is 101 Å². The van der Waals surface area contributed by atoms with Gasteiger partial charge in [-0.2, -0.15) is 0 Å². The lowest BCUT2D eigenvalue weighted by molar-refractivity contribution is -0.116. The summed E-state index contributed by atoms with van der Waals surface area (Å²) in [6.45, 7) is 4.30. The van der Waals surface area contributed by atoms with Gasteiger partial charge in [0.1, 0.15) is 17.6 Å². The van der Waals surface area contributed by atoms with E-state index in [-0.39, 0.29) is 18.6 Å². The fourth-order valence-electron chi connectivity index (χ4n) is 4.03. The Bertz CT molecular complexity index is 1270. The quantitative estimate of drug-likeness (QED) is 0.418. The first-order valence-electron chi connectivity index (χ1n) is 11.1. The lowest BCUT2D eigenvalue weighted by atomic mass is 10.0. The standard InChI is InChI=1S/C26H25N5O2S/c1-17-13-18(2)15-20(14-17)27-25(32)24-23(19-9-5-3-6-10-19)30-31-22(28-29-26(31)34-24)16-33-21-11-7-4-8-12-21/h3-15,23-24,30H,16H2,1-2H3,(H,27,32)/t23-,24-/m0/s1. The molecule has 1 aliphatic rings. The lowest BCUT2D eigenvalue weighted by Crippen LogP contribution is -2.41. The molecule has 0 unspecified atom stereocenters. The highest BCUT2D eigenvalue weighted by Gasteiger charge is 2.38. The molecular weight excluding hydrogens is 446 g/mol. The largest absolute Gasteiger partial charge is 0.486 e. The number of rotatable bonds is 6. The van der Waals surface area contributed by atoms with Crippen molar-refractivity contribution in [3.63, 3.8) is 0 Å². The third-order valence-electron chi connectivity index (χ3n) is 5.52. The van der Waals surface area contributed by atoms with E-state index in [2.05, 4.69) is 27.0 Å². The minimum Gasteiger partial charge on any atom is -0.486 e. The van der Waals surface area contributed by atoms with Crippen LogP contribution in [0.4, 0.5) is 5.69 Å². The fourth-order valence-corrected chi connectivity index (χ4v) is 5.13. The van der Waals surface area contributed by atoms with E-state index < -0.39 is 5.25 Å². The van der Waals surface area contributed by atoms with E-state index >= 15 is 0 Å². The molecule has 0 aliphatic carbocycles. The first-order chi connectivity index (χ1) is 16.6. The van der Waals surface area contributed by atoms with Crippen molar-refractivity contribution in [1.82, 2.24) is 14.9 Å². The second-order valence-corrected chi connectivity index (χ2v) is 9.37. The van der Waals surface area contributed by atoms with Crippen LogP contribution in [0, 0.1) is 13.8 Å². The summed E-state index contributed by atoms with van der Waals surface area (Å²) < 4.78 is 7.71. The Morgan fingerprint density at radius 1 is 1.00 bits per heavy atom.